The van der Waals surface area contributed by atoms with Gasteiger partial charge in [-0.15, -0.1) is 0 Å². The largest absolute Gasteiger partial charge is 0.378 e. The number of nitrogens with zero attached hydrogens (tertiary/aromatic N) is 1. The first kappa shape index (κ1) is 42.5. The Kier molecular flexibility index (Phi) is 18.3. The van der Waals surface area contributed by atoms with Gasteiger partial charge in [-0.1, -0.05) is 60.3 Å². The number of ether oxygens (including phenoxy) is 3. The monoisotopic (exact) mass is 705 g/mol. The Labute approximate surface area is 309 Å². The third-order valence-electron chi connectivity index (χ3n) is 14.8. The molecule has 294 valence electrons. The second-order valence-corrected chi connectivity index (χ2v) is 17.9. The minimum absolute atomic E-state index is 0.179. The summed E-state index contributed by atoms with van der Waals surface area (Å²) in [6.45, 7) is 20.9. The van der Waals surface area contributed by atoms with Gasteiger partial charge in [0.15, 0.2) is 0 Å². The molecule has 7 heteroatoms. The quantitative estimate of drug-likeness (QED) is 0.0823. The molecule has 0 aromatic carbocycles. The van der Waals surface area contributed by atoms with Gasteiger partial charge in [-0.05, 0) is 170 Å². The molecule has 0 amide bonds. The zero-order valence-electron chi connectivity index (χ0n) is 33.7. The van der Waals surface area contributed by atoms with E-state index in [0.29, 0.717) is 78.9 Å². The van der Waals surface area contributed by atoms with E-state index in [-0.39, 0.29) is 5.41 Å². The van der Waals surface area contributed by atoms with Crippen LogP contribution in [0.25, 0.3) is 0 Å². The molecule has 4 saturated carbocycles. The standard InChI is InChI=1S/C43H84N4O3/c1-6-8-10-24-47(25-11-9-7-2)26-12-16-33(3)36-17-18-37-41-38(32-40(43(36,37)5)50-29-15-23-46)42(4)20-19-35(48-27-13-21-44)30-34(42)31-39(41)49-28-14-22-45/h33-41H,6-32,44-46H2,1-5H3/t33-,34+,35-,36?,37+,38+,39-,40+,41+,42+,43-/m1/s1. The van der Waals surface area contributed by atoms with Crippen molar-refractivity contribution in [2.45, 2.75) is 169 Å². The molecule has 0 heterocycles. The van der Waals surface area contributed by atoms with Crippen molar-refractivity contribution < 1.29 is 14.2 Å². The highest BCUT2D eigenvalue weighted by Gasteiger charge is 2.66. The van der Waals surface area contributed by atoms with Crippen LogP contribution in [0, 0.1) is 46.3 Å². The van der Waals surface area contributed by atoms with Crippen LogP contribution in [-0.4, -0.2) is 82.3 Å². The van der Waals surface area contributed by atoms with Gasteiger partial charge in [0.25, 0.3) is 0 Å². The van der Waals surface area contributed by atoms with Crippen molar-refractivity contribution in [1.82, 2.24) is 4.90 Å². The zero-order valence-corrected chi connectivity index (χ0v) is 33.7. The summed E-state index contributed by atoms with van der Waals surface area (Å²) in [5, 5.41) is 0. The molecule has 11 atom stereocenters. The number of rotatable bonds is 25. The summed E-state index contributed by atoms with van der Waals surface area (Å²) in [5.74, 6) is 3.92. The normalized spacial score (nSPS) is 35.9. The predicted octanol–water partition coefficient (Wildman–Crippen LogP) is 8.17. The Morgan fingerprint density at radius 2 is 1.30 bits per heavy atom. The minimum atomic E-state index is 0.179. The molecule has 0 bridgehead atoms. The molecule has 1 unspecified atom stereocenters. The van der Waals surface area contributed by atoms with Crippen LogP contribution in [0.15, 0.2) is 0 Å². The molecule has 0 radical (unpaired) electrons. The summed E-state index contributed by atoms with van der Waals surface area (Å²) in [5.41, 5.74) is 18.3. The van der Waals surface area contributed by atoms with Crippen LogP contribution in [0.2, 0.25) is 0 Å². The number of hydrogen-bond acceptors (Lipinski definition) is 7. The summed E-state index contributed by atoms with van der Waals surface area (Å²) in [6, 6.07) is 0. The molecule has 4 aliphatic rings. The maximum Gasteiger partial charge on any atom is 0.0637 e. The molecule has 6 N–H and O–H groups in total. The summed E-state index contributed by atoms with van der Waals surface area (Å²) in [7, 11) is 0. The average Bonchev–Trinajstić information content (AvgIpc) is 3.47. The molecular formula is C43H84N4O3. The van der Waals surface area contributed by atoms with Gasteiger partial charge < -0.3 is 36.3 Å². The minimum Gasteiger partial charge on any atom is -0.378 e. The maximum atomic E-state index is 7.09. The number of hydrogen-bond donors (Lipinski definition) is 3. The van der Waals surface area contributed by atoms with Gasteiger partial charge >= 0.3 is 0 Å². The average molecular weight is 705 g/mol. The molecule has 4 fully saturated rings. The fourth-order valence-corrected chi connectivity index (χ4v) is 11.9. The first-order valence-corrected chi connectivity index (χ1v) is 22.0. The van der Waals surface area contributed by atoms with Crippen LogP contribution in [0.5, 0.6) is 0 Å². The first-order valence-electron chi connectivity index (χ1n) is 22.0. The van der Waals surface area contributed by atoms with Crippen LogP contribution in [0.3, 0.4) is 0 Å². The lowest BCUT2D eigenvalue weighted by molar-refractivity contribution is -0.227. The van der Waals surface area contributed by atoms with Crippen LogP contribution < -0.4 is 17.2 Å². The Morgan fingerprint density at radius 1 is 0.680 bits per heavy atom. The Morgan fingerprint density at radius 3 is 1.94 bits per heavy atom. The molecule has 7 nitrogen and oxygen atoms in total. The molecule has 0 aliphatic heterocycles. The Bertz CT molecular complexity index is 915. The smallest absolute Gasteiger partial charge is 0.0637 e. The van der Waals surface area contributed by atoms with Gasteiger partial charge in [-0.3, -0.25) is 0 Å². The van der Waals surface area contributed by atoms with E-state index in [4.69, 9.17) is 31.4 Å². The van der Waals surface area contributed by atoms with Crippen LogP contribution in [0.4, 0.5) is 0 Å². The van der Waals surface area contributed by atoms with Crippen LogP contribution in [0.1, 0.15) is 150 Å². The lowest BCUT2D eigenvalue weighted by Gasteiger charge is -2.65. The summed E-state index contributed by atoms with van der Waals surface area (Å²) >= 11 is 0. The van der Waals surface area contributed by atoms with E-state index < -0.39 is 0 Å². The van der Waals surface area contributed by atoms with Gasteiger partial charge in [-0.2, -0.15) is 0 Å². The van der Waals surface area contributed by atoms with E-state index >= 15 is 0 Å². The highest BCUT2D eigenvalue weighted by molar-refractivity contribution is 5.15. The molecular weight excluding hydrogens is 620 g/mol. The fraction of sp³-hybridized carbons (Fsp3) is 1.00. The summed E-state index contributed by atoms with van der Waals surface area (Å²) in [4.78, 5) is 2.79. The van der Waals surface area contributed by atoms with E-state index in [0.717, 1.165) is 45.5 Å². The Balaban J connectivity index is 1.53. The van der Waals surface area contributed by atoms with Gasteiger partial charge in [-0.25, -0.2) is 0 Å². The van der Waals surface area contributed by atoms with Crippen molar-refractivity contribution in [3.8, 4) is 0 Å². The lowest BCUT2D eigenvalue weighted by Crippen LogP contribution is -2.63. The molecule has 0 aromatic heterocycles. The number of nitrogens with two attached hydrogens (primary N) is 3. The summed E-state index contributed by atoms with van der Waals surface area (Å²) in [6.07, 6.45) is 23.1. The highest BCUT2D eigenvalue weighted by Crippen LogP contribution is 2.69. The lowest BCUT2D eigenvalue weighted by atomic mass is 9.43. The SMILES string of the molecule is CCCCCN(CCCCC)CCC[C@@H](C)C1CC[C@H]2[C@@H]3[C@H](OCCCN)C[C@@H]4C[C@H](OCCCN)CC[C@]4(C)[C@H]3C[C@H](OCCCN)[C@]12C. The Hall–Kier alpha value is -0.280. The first-order chi connectivity index (χ1) is 24.3. The van der Waals surface area contributed by atoms with Gasteiger partial charge in [0.2, 0.25) is 0 Å². The molecule has 50 heavy (non-hydrogen) atoms. The van der Waals surface area contributed by atoms with Crippen LogP contribution >= 0.6 is 0 Å². The topological polar surface area (TPSA) is 109 Å². The molecule has 4 aliphatic carbocycles. The molecule has 0 aromatic rings. The zero-order chi connectivity index (χ0) is 36.0. The molecule has 0 saturated heterocycles. The van der Waals surface area contributed by atoms with E-state index in [1.54, 1.807) is 0 Å². The van der Waals surface area contributed by atoms with Crippen molar-refractivity contribution in [1.29, 1.82) is 0 Å². The van der Waals surface area contributed by atoms with Gasteiger partial charge in [0.1, 0.15) is 0 Å². The second kappa shape index (κ2) is 21.6. The molecule has 4 rings (SSSR count). The van der Waals surface area contributed by atoms with Crippen molar-refractivity contribution in [3.05, 3.63) is 0 Å². The fourth-order valence-electron chi connectivity index (χ4n) is 11.9. The highest BCUT2D eigenvalue weighted by atomic mass is 16.5. The summed E-state index contributed by atoms with van der Waals surface area (Å²) < 4.78 is 20.5. The number of fused-ring (bicyclic) bond motifs is 5. The van der Waals surface area contributed by atoms with Gasteiger partial charge in [0.05, 0.1) is 18.3 Å². The van der Waals surface area contributed by atoms with Crippen molar-refractivity contribution in [3.63, 3.8) is 0 Å². The maximum absolute atomic E-state index is 7.09. The predicted molar refractivity (Wildman–Crippen MR) is 210 cm³/mol. The molecule has 0 spiro atoms. The third-order valence-corrected chi connectivity index (χ3v) is 14.8. The van der Waals surface area contributed by atoms with E-state index in [1.165, 1.54) is 110 Å². The third kappa shape index (κ3) is 10.5. The van der Waals surface area contributed by atoms with Crippen molar-refractivity contribution >= 4 is 0 Å². The van der Waals surface area contributed by atoms with Crippen LogP contribution in [-0.2, 0) is 14.2 Å². The second-order valence-electron chi connectivity index (χ2n) is 17.9. The van der Waals surface area contributed by atoms with Crippen molar-refractivity contribution in [2.24, 2.45) is 63.5 Å². The van der Waals surface area contributed by atoms with Gasteiger partial charge in [0, 0.05) is 25.2 Å². The van der Waals surface area contributed by atoms with E-state index in [1.807, 2.05) is 0 Å². The van der Waals surface area contributed by atoms with E-state index in [9.17, 15) is 0 Å². The van der Waals surface area contributed by atoms with E-state index in [2.05, 4.69) is 39.5 Å². The number of unbranched alkanes of at least 4 members (excludes halogenated alkanes) is 4. The van der Waals surface area contributed by atoms with Crippen molar-refractivity contribution in [2.75, 3.05) is 59.1 Å².